The third-order valence-electron chi connectivity index (χ3n) is 3.52. The Morgan fingerprint density at radius 1 is 1.10 bits per heavy atom. The SMILES string of the molecule is COC(=O)OC1=C(C)NC(C)=C(C)C1c1ccccc1. The lowest BCUT2D eigenvalue weighted by Gasteiger charge is -2.29. The number of benzene rings is 1. The van der Waals surface area contributed by atoms with Gasteiger partial charge in [0.2, 0.25) is 0 Å². The molecule has 1 unspecified atom stereocenters. The molecule has 4 heteroatoms. The van der Waals surface area contributed by atoms with Crippen molar-refractivity contribution in [2.45, 2.75) is 26.7 Å². The number of allylic oxidation sites excluding steroid dienone is 3. The third-order valence-corrected chi connectivity index (χ3v) is 3.52. The Morgan fingerprint density at radius 2 is 1.75 bits per heavy atom. The van der Waals surface area contributed by atoms with E-state index in [0.717, 1.165) is 22.5 Å². The molecule has 0 saturated carbocycles. The van der Waals surface area contributed by atoms with E-state index in [9.17, 15) is 4.79 Å². The highest BCUT2D eigenvalue weighted by atomic mass is 16.7. The number of ether oxygens (including phenoxy) is 2. The summed E-state index contributed by atoms with van der Waals surface area (Å²) < 4.78 is 9.97. The van der Waals surface area contributed by atoms with Crippen LogP contribution in [0.4, 0.5) is 4.79 Å². The topological polar surface area (TPSA) is 47.6 Å². The average Bonchev–Trinajstić information content (AvgIpc) is 2.45. The molecular weight excluding hydrogens is 254 g/mol. The van der Waals surface area contributed by atoms with E-state index in [1.165, 1.54) is 7.11 Å². The number of rotatable bonds is 2. The first-order valence-electron chi connectivity index (χ1n) is 6.50. The zero-order valence-electron chi connectivity index (χ0n) is 12.2. The summed E-state index contributed by atoms with van der Waals surface area (Å²) in [7, 11) is 1.31. The molecule has 0 saturated heterocycles. The maximum atomic E-state index is 11.5. The van der Waals surface area contributed by atoms with E-state index in [1.807, 2.05) is 51.1 Å². The fourth-order valence-electron chi connectivity index (χ4n) is 2.38. The van der Waals surface area contributed by atoms with Crippen molar-refractivity contribution in [2.75, 3.05) is 7.11 Å². The summed E-state index contributed by atoms with van der Waals surface area (Å²) in [5.41, 5.74) is 4.12. The highest BCUT2D eigenvalue weighted by molar-refractivity contribution is 5.62. The maximum Gasteiger partial charge on any atom is 0.513 e. The Kier molecular flexibility index (Phi) is 4.13. The Bertz CT molecular complexity index is 573. The second-order valence-electron chi connectivity index (χ2n) is 4.82. The summed E-state index contributed by atoms with van der Waals surface area (Å²) >= 11 is 0. The van der Waals surface area contributed by atoms with Gasteiger partial charge in [-0.25, -0.2) is 4.79 Å². The van der Waals surface area contributed by atoms with Gasteiger partial charge in [0.15, 0.2) is 0 Å². The van der Waals surface area contributed by atoms with Crippen molar-refractivity contribution in [3.63, 3.8) is 0 Å². The molecule has 4 nitrogen and oxygen atoms in total. The minimum atomic E-state index is -0.700. The summed E-state index contributed by atoms with van der Waals surface area (Å²) in [5.74, 6) is 0.516. The summed E-state index contributed by atoms with van der Waals surface area (Å²) in [6, 6.07) is 9.98. The lowest BCUT2D eigenvalue weighted by Crippen LogP contribution is -2.26. The van der Waals surface area contributed by atoms with Crippen LogP contribution in [0.3, 0.4) is 0 Å². The normalized spacial score (nSPS) is 18.7. The van der Waals surface area contributed by atoms with E-state index in [4.69, 9.17) is 4.74 Å². The third kappa shape index (κ3) is 2.69. The molecule has 1 N–H and O–H groups in total. The molecule has 0 fully saturated rings. The van der Waals surface area contributed by atoms with Gasteiger partial charge in [-0.2, -0.15) is 0 Å². The molecule has 20 heavy (non-hydrogen) atoms. The van der Waals surface area contributed by atoms with Gasteiger partial charge >= 0.3 is 6.16 Å². The largest absolute Gasteiger partial charge is 0.513 e. The summed E-state index contributed by atoms with van der Waals surface area (Å²) in [6.45, 7) is 5.95. The van der Waals surface area contributed by atoms with Gasteiger partial charge in [-0.05, 0) is 31.9 Å². The number of hydrogen-bond acceptors (Lipinski definition) is 4. The first-order chi connectivity index (χ1) is 9.54. The van der Waals surface area contributed by atoms with Gasteiger partial charge in [0.25, 0.3) is 0 Å². The molecule has 0 spiro atoms. The van der Waals surface area contributed by atoms with Gasteiger partial charge in [0.05, 0.1) is 18.7 Å². The van der Waals surface area contributed by atoms with E-state index >= 15 is 0 Å². The lowest BCUT2D eigenvalue weighted by atomic mass is 9.86. The first kappa shape index (κ1) is 14.2. The fraction of sp³-hybridized carbons (Fsp3) is 0.312. The van der Waals surface area contributed by atoms with E-state index in [2.05, 4.69) is 10.1 Å². The summed E-state index contributed by atoms with van der Waals surface area (Å²) in [4.78, 5) is 11.5. The molecule has 106 valence electrons. The number of hydrogen-bond donors (Lipinski definition) is 1. The van der Waals surface area contributed by atoms with E-state index in [1.54, 1.807) is 0 Å². The predicted octanol–water partition coefficient (Wildman–Crippen LogP) is 3.68. The molecule has 0 radical (unpaired) electrons. The van der Waals surface area contributed by atoms with E-state index < -0.39 is 6.16 Å². The number of methoxy groups -OCH3 is 1. The zero-order chi connectivity index (χ0) is 14.7. The van der Waals surface area contributed by atoms with Gasteiger partial charge < -0.3 is 14.8 Å². The van der Waals surface area contributed by atoms with Crippen LogP contribution in [0.1, 0.15) is 32.3 Å². The van der Waals surface area contributed by atoms with Crippen molar-refractivity contribution in [3.8, 4) is 0 Å². The molecule has 1 aliphatic heterocycles. The molecule has 1 aliphatic rings. The van der Waals surface area contributed by atoms with Gasteiger partial charge in [-0.3, -0.25) is 0 Å². The van der Waals surface area contributed by atoms with Crippen molar-refractivity contribution in [1.29, 1.82) is 0 Å². The molecule has 0 aliphatic carbocycles. The van der Waals surface area contributed by atoms with E-state index in [0.29, 0.717) is 5.76 Å². The molecule has 0 amide bonds. The average molecular weight is 273 g/mol. The fourth-order valence-corrected chi connectivity index (χ4v) is 2.38. The van der Waals surface area contributed by atoms with Crippen molar-refractivity contribution < 1.29 is 14.3 Å². The van der Waals surface area contributed by atoms with Crippen molar-refractivity contribution >= 4 is 6.16 Å². The smallest absolute Gasteiger partial charge is 0.437 e. The minimum Gasteiger partial charge on any atom is -0.437 e. The molecule has 1 aromatic rings. The predicted molar refractivity (Wildman–Crippen MR) is 76.9 cm³/mol. The Hall–Kier alpha value is -2.23. The van der Waals surface area contributed by atoms with Crippen LogP contribution in [0.2, 0.25) is 0 Å². The summed E-state index contributed by atoms with van der Waals surface area (Å²) in [6.07, 6.45) is -0.700. The van der Waals surface area contributed by atoms with E-state index in [-0.39, 0.29) is 5.92 Å². The number of nitrogens with one attached hydrogen (secondary N) is 1. The quantitative estimate of drug-likeness (QED) is 0.835. The minimum absolute atomic E-state index is 0.0726. The zero-order valence-corrected chi connectivity index (χ0v) is 12.2. The molecular formula is C16H19NO3. The molecule has 1 atom stereocenters. The van der Waals surface area contributed by atoms with Gasteiger partial charge in [-0.15, -0.1) is 0 Å². The van der Waals surface area contributed by atoms with Crippen LogP contribution in [0.25, 0.3) is 0 Å². The van der Waals surface area contributed by atoms with Crippen molar-refractivity contribution in [1.82, 2.24) is 5.32 Å². The summed E-state index contributed by atoms with van der Waals surface area (Å²) in [5, 5.41) is 3.23. The van der Waals surface area contributed by atoms with Gasteiger partial charge in [-0.1, -0.05) is 30.3 Å². The van der Waals surface area contributed by atoms with Gasteiger partial charge in [0.1, 0.15) is 5.76 Å². The lowest BCUT2D eigenvalue weighted by molar-refractivity contribution is 0.0921. The first-order valence-corrected chi connectivity index (χ1v) is 6.50. The van der Waals surface area contributed by atoms with Crippen LogP contribution in [0.5, 0.6) is 0 Å². The van der Waals surface area contributed by atoms with Gasteiger partial charge in [0, 0.05) is 5.70 Å². The van der Waals surface area contributed by atoms with Crippen molar-refractivity contribution in [2.24, 2.45) is 0 Å². The molecule has 0 bridgehead atoms. The van der Waals surface area contributed by atoms with Crippen LogP contribution in [0.15, 0.2) is 53.1 Å². The number of carbonyl (C=O) groups is 1. The van der Waals surface area contributed by atoms with Crippen LogP contribution in [-0.4, -0.2) is 13.3 Å². The second-order valence-corrected chi connectivity index (χ2v) is 4.82. The van der Waals surface area contributed by atoms with Crippen LogP contribution < -0.4 is 5.32 Å². The Labute approximate surface area is 119 Å². The Morgan fingerprint density at radius 3 is 2.35 bits per heavy atom. The van der Waals surface area contributed by atoms with Crippen LogP contribution >= 0.6 is 0 Å². The number of dihydropyridines is 1. The van der Waals surface area contributed by atoms with Crippen LogP contribution in [-0.2, 0) is 9.47 Å². The molecule has 0 aromatic heterocycles. The number of carbonyl (C=O) groups excluding carboxylic acids is 1. The maximum absolute atomic E-state index is 11.5. The monoisotopic (exact) mass is 273 g/mol. The Balaban J connectivity index is 2.45. The molecule has 2 rings (SSSR count). The highest BCUT2D eigenvalue weighted by Crippen LogP contribution is 2.38. The van der Waals surface area contributed by atoms with Crippen LogP contribution in [0, 0.1) is 0 Å². The standard InChI is InChI=1S/C16H19NO3/c1-10-11(2)17-12(3)15(20-16(18)19-4)14(10)13-8-6-5-7-9-13/h5-9,14,17H,1-4H3. The molecule has 1 aromatic carbocycles. The second kappa shape index (κ2) is 5.82. The molecule has 1 heterocycles. The highest BCUT2D eigenvalue weighted by Gasteiger charge is 2.29. The van der Waals surface area contributed by atoms with Crippen molar-refractivity contribution in [3.05, 3.63) is 58.6 Å².